The molecular formula is C17H22N2. The van der Waals surface area contributed by atoms with E-state index in [1.807, 2.05) is 13.0 Å². The smallest absolute Gasteiger partial charge is 0.0751 e. The Kier molecular flexibility index (Phi) is 4.69. The molecule has 0 saturated heterocycles. The summed E-state index contributed by atoms with van der Waals surface area (Å²) in [5, 5.41) is 3.53. The SMILES string of the molecule is CCNC(c1cccc(CC)c1)c1cccc(C)n1. The maximum absolute atomic E-state index is 4.66. The molecule has 0 aliphatic carbocycles. The Balaban J connectivity index is 2.38. The quantitative estimate of drug-likeness (QED) is 0.881. The first-order valence-electron chi connectivity index (χ1n) is 7.00. The summed E-state index contributed by atoms with van der Waals surface area (Å²) in [6.45, 7) is 7.28. The fourth-order valence-electron chi connectivity index (χ4n) is 2.31. The van der Waals surface area contributed by atoms with Gasteiger partial charge in [0, 0.05) is 5.69 Å². The zero-order valence-corrected chi connectivity index (χ0v) is 12.0. The number of rotatable bonds is 5. The summed E-state index contributed by atoms with van der Waals surface area (Å²) in [4.78, 5) is 4.66. The third-order valence-corrected chi connectivity index (χ3v) is 3.31. The number of pyridine rings is 1. The summed E-state index contributed by atoms with van der Waals surface area (Å²) in [5.41, 5.74) is 4.81. The molecule has 0 radical (unpaired) electrons. The van der Waals surface area contributed by atoms with Gasteiger partial charge in [-0.3, -0.25) is 4.98 Å². The van der Waals surface area contributed by atoms with Gasteiger partial charge < -0.3 is 5.32 Å². The lowest BCUT2D eigenvalue weighted by atomic mass is 9.99. The molecular weight excluding hydrogens is 232 g/mol. The van der Waals surface area contributed by atoms with Gasteiger partial charge in [-0.1, -0.05) is 44.2 Å². The van der Waals surface area contributed by atoms with Gasteiger partial charge in [0.25, 0.3) is 0 Å². The molecule has 1 aromatic heterocycles. The number of hydrogen-bond acceptors (Lipinski definition) is 2. The number of aryl methyl sites for hydroxylation is 2. The molecule has 2 nitrogen and oxygen atoms in total. The van der Waals surface area contributed by atoms with Gasteiger partial charge in [-0.15, -0.1) is 0 Å². The Morgan fingerprint density at radius 1 is 1.11 bits per heavy atom. The van der Waals surface area contributed by atoms with Gasteiger partial charge >= 0.3 is 0 Å². The highest BCUT2D eigenvalue weighted by atomic mass is 14.9. The van der Waals surface area contributed by atoms with Crippen molar-refractivity contribution in [2.45, 2.75) is 33.2 Å². The second-order valence-corrected chi connectivity index (χ2v) is 4.79. The van der Waals surface area contributed by atoms with Crippen LogP contribution in [0.5, 0.6) is 0 Å². The maximum atomic E-state index is 4.66. The largest absolute Gasteiger partial charge is 0.305 e. The van der Waals surface area contributed by atoms with Crippen LogP contribution in [0.15, 0.2) is 42.5 Å². The van der Waals surface area contributed by atoms with Crippen LogP contribution in [-0.2, 0) is 6.42 Å². The van der Waals surface area contributed by atoms with Gasteiger partial charge in [-0.25, -0.2) is 0 Å². The molecule has 0 saturated carbocycles. The van der Waals surface area contributed by atoms with Crippen molar-refractivity contribution in [2.24, 2.45) is 0 Å². The van der Waals surface area contributed by atoms with Crippen LogP contribution in [-0.4, -0.2) is 11.5 Å². The van der Waals surface area contributed by atoms with E-state index in [1.54, 1.807) is 0 Å². The Labute approximate surface area is 115 Å². The van der Waals surface area contributed by atoms with E-state index in [9.17, 15) is 0 Å². The van der Waals surface area contributed by atoms with Crippen LogP contribution in [0.3, 0.4) is 0 Å². The van der Waals surface area contributed by atoms with Crippen LogP contribution in [0, 0.1) is 6.92 Å². The third-order valence-electron chi connectivity index (χ3n) is 3.31. The molecule has 1 aromatic carbocycles. The predicted octanol–water partition coefficient (Wildman–Crippen LogP) is 3.65. The summed E-state index contributed by atoms with van der Waals surface area (Å²) in [6.07, 6.45) is 1.06. The van der Waals surface area contributed by atoms with Gasteiger partial charge in [0.1, 0.15) is 0 Å². The van der Waals surface area contributed by atoms with E-state index in [0.717, 1.165) is 24.4 Å². The van der Waals surface area contributed by atoms with E-state index in [4.69, 9.17) is 0 Å². The fraction of sp³-hybridized carbons (Fsp3) is 0.353. The molecule has 1 atom stereocenters. The summed E-state index contributed by atoms with van der Waals surface area (Å²) in [6, 6.07) is 15.1. The normalized spacial score (nSPS) is 12.4. The minimum Gasteiger partial charge on any atom is -0.305 e. The van der Waals surface area contributed by atoms with E-state index in [2.05, 4.69) is 60.5 Å². The summed E-state index contributed by atoms with van der Waals surface area (Å²) >= 11 is 0. The first kappa shape index (κ1) is 13.8. The van der Waals surface area contributed by atoms with Crippen LogP contribution in [0.2, 0.25) is 0 Å². The average molecular weight is 254 g/mol. The topological polar surface area (TPSA) is 24.9 Å². The van der Waals surface area contributed by atoms with Crippen molar-refractivity contribution in [1.29, 1.82) is 0 Å². The van der Waals surface area contributed by atoms with Crippen molar-refractivity contribution in [1.82, 2.24) is 10.3 Å². The molecule has 19 heavy (non-hydrogen) atoms. The molecule has 1 heterocycles. The first-order chi connectivity index (χ1) is 9.24. The molecule has 0 spiro atoms. The summed E-state index contributed by atoms with van der Waals surface area (Å²) in [5.74, 6) is 0. The minimum absolute atomic E-state index is 0.177. The van der Waals surface area contributed by atoms with Crippen LogP contribution in [0.1, 0.15) is 42.4 Å². The highest BCUT2D eigenvalue weighted by Crippen LogP contribution is 2.21. The second kappa shape index (κ2) is 6.48. The predicted molar refractivity (Wildman–Crippen MR) is 80.3 cm³/mol. The van der Waals surface area contributed by atoms with Gasteiger partial charge in [-0.05, 0) is 43.1 Å². The van der Waals surface area contributed by atoms with Gasteiger partial charge in [0.2, 0.25) is 0 Å². The number of hydrogen-bond donors (Lipinski definition) is 1. The fourth-order valence-corrected chi connectivity index (χ4v) is 2.31. The van der Waals surface area contributed by atoms with Crippen molar-refractivity contribution in [2.75, 3.05) is 6.54 Å². The standard InChI is InChI=1S/C17H22N2/c1-4-14-9-7-10-15(12-14)17(18-5-2)16-11-6-8-13(3)19-16/h6-12,17-18H,4-5H2,1-3H3. The van der Waals surface area contributed by atoms with Crippen molar-refractivity contribution < 1.29 is 0 Å². The monoisotopic (exact) mass is 254 g/mol. The zero-order chi connectivity index (χ0) is 13.7. The van der Waals surface area contributed by atoms with E-state index in [-0.39, 0.29) is 6.04 Å². The molecule has 1 N–H and O–H groups in total. The maximum Gasteiger partial charge on any atom is 0.0751 e. The lowest BCUT2D eigenvalue weighted by Crippen LogP contribution is -2.23. The first-order valence-corrected chi connectivity index (χ1v) is 7.00. The number of benzene rings is 1. The Bertz CT molecular complexity index is 534. The third kappa shape index (κ3) is 3.42. The van der Waals surface area contributed by atoms with E-state index in [1.165, 1.54) is 11.1 Å². The second-order valence-electron chi connectivity index (χ2n) is 4.79. The van der Waals surface area contributed by atoms with Crippen molar-refractivity contribution in [3.63, 3.8) is 0 Å². The Morgan fingerprint density at radius 2 is 1.89 bits per heavy atom. The molecule has 0 aliphatic rings. The lowest BCUT2D eigenvalue weighted by molar-refractivity contribution is 0.613. The molecule has 1 unspecified atom stereocenters. The van der Waals surface area contributed by atoms with Crippen molar-refractivity contribution >= 4 is 0 Å². The van der Waals surface area contributed by atoms with Crippen molar-refractivity contribution in [3.05, 3.63) is 65.0 Å². The van der Waals surface area contributed by atoms with Crippen molar-refractivity contribution in [3.8, 4) is 0 Å². The lowest BCUT2D eigenvalue weighted by Gasteiger charge is -2.19. The highest BCUT2D eigenvalue weighted by Gasteiger charge is 2.14. The molecule has 2 rings (SSSR count). The van der Waals surface area contributed by atoms with E-state index >= 15 is 0 Å². The molecule has 100 valence electrons. The minimum atomic E-state index is 0.177. The average Bonchev–Trinajstić information content (AvgIpc) is 2.45. The van der Waals surface area contributed by atoms with Crippen LogP contribution in [0.25, 0.3) is 0 Å². The van der Waals surface area contributed by atoms with Gasteiger partial charge in [0.05, 0.1) is 11.7 Å². The highest BCUT2D eigenvalue weighted by molar-refractivity contribution is 5.32. The van der Waals surface area contributed by atoms with E-state index < -0.39 is 0 Å². The van der Waals surface area contributed by atoms with Crippen LogP contribution in [0.4, 0.5) is 0 Å². The summed E-state index contributed by atoms with van der Waals surface area (Å²) < 4.78 is 0. The van der Waals surface area contributed by atoms with Gasteiger partial charge in [0.15, 0.2) is 0 Å². The Hall–Kier alpha value is -1.67. The Morgan fingerprint density at radius 3 is 2.58 bits per heavy atom. The molecule has 0 amide bonds. The number of nitrogens with zero attached hydrogens (tertiary/aromatic N) is 1. The zero-order valence-electron chi connectivity index (χ0n) is 12.0. The summed E-state index contributed by atoms with van der Waals surface area (Å²) in [7, 11) is 0. The van der Waals surface area contributed by atoms with Crippen LogP contribution < -0.4 is 5.32 Å². The molecule has 2 heteroatoms. The molecule has 0 bridgehead atoms. The number of nitrogens with one attached hydrogen (secondary N) is 1. The molecule has 0 aliphatic heterocycles. The molecule has 2 aromatic rings. The molecule has 0 fully saturated rings. The van der Waals surface area contributed by atoms with E-state index in [0.29, 0.717) is 0 Å². The number of aromatic nitrogens is 1. The van der Waals surface area contributed by atoms with Crippen LogP contribution >= 0.6 is 0 Å². The van der Waals surface area contributed by atoms with Gasteiger partial charge in [-0.2, -0.15) is 0 Å².